The highest BCUT2D eigenvalue weighted by atomic mass is 16.5. The number of nitrogens with zero attached hydrogens (tertiary/aromatic N) is 1. The number of hydrogen-bond donors (Lipinski definition) is 2. The molecule has 116 valence electrons. The van der Waals surface area contributed by atoms with Crippen molar-refractivity contribution in [1.82, 2.24) is 4.90 Å². The maximum atomic E-state index is 12.6. The number of hydrogen-bond acceptors (Lipinski definition) is 5. The van der Waals surface area contributed by atoms with Gasteiger partial charge in [-0.25, -0.2) is 0 Å². The second-order valence-electron chi connectivity index (χ2n) is 5.75. The summed E-state index contributed by atoms with van der Waals surface area (Å²) in [6, 6.07) is 4.57. The predicted octanol–water partition coefficient (Wildman–Crippen LogP) is 1.01. The number of aliphatic hydroxyl groups excluding tert-OH is 1. The number of benzene rings is 1. The van der Waals surface area contributed by atoms with Crippen molar-refractivity contribution in [3.8, 4) is 11.5 Å². The van der Waals surface area contributed by atoms with E-state index in [4.69, 9.17) is 9.47 Å². The lowest BCUT2D eigenvalue weighted by Gasteiger charge is -2.42. The van der Waals surface area contributed by atoms with E-state index in [2.05, 4.69) is 0 Å². The number of carbonyl (C=O) groups is 1. The van der Waals surface area contributed by atoms with Crippen molar-refractivity contribution < 1.29 is 24.5 Å². The van der Waals surface area contributed by atoms with Gasteiger partial charge in [0.2, 0.25) is 0 Å². The van der Waals surface area contributed by atoms with E-state index in [-0.39, 0.29) is 23.8 Å². The Kier molecular flexibility index (Phi) is 4.39. The molecule has 6 nitrogen and oxygen atoms in total. The van der Waals surface area contributed by atoms with Crippen LogP contribution in [0.5, 0.6) is 11.5 Å². The lowest BCUT2D eigenvalue weighted by molar-refractivity contribution is -0.139. The molecule has 6 heteroatoms. The first kappa shape index (κ1) is 15.6. The topological polar surface area (TPSA) is 79.2 Å². The number of methoxy groups -OCH3 is 1. The Bertz CT molecular complexity index is 529. The second-order valence-corrected chi connectivity index (χ2v) is 5.75. The van der Waals surface area contributed by atoms with Crippen LogP contribution in [0, 0.1) is 0 Å². The molecule has 1 saturated heterocycles. The Labute approximate surface area is 123 Å². The molecule has 0 saturated carbocycles. The molecule has 21 heavy (non-hydrogen) atoms. The van der Waals surface area contributed by atoms with Crippen LogP contribution < -0.4 is 4.74 Å². The number of ether oxygens (including phenoxy) is 2. The standard InChI is InChI=1S/C15H21NO5/c1-15(2)9-16(7-11(8-17)21-15)14(19)12-5-4-10(20-3)6-13(12)18/h4-6,11,17-18H,7-9H2,1-3H3. The first-order valence-corrected chi connectivity index (χ1v) is 6.81. The maximum Gasteiger partial charge on any atom is 0.257 e. The van der Waals surface area contributed by atoms with Crippen LogP contribution in [-0.4, -0.2) is 59.5 Å². The van der Waals surface area contributed by atoms with Gasteiger partial charge in [-0.1, -0.05) is 0 Å². The number of phenols is 1. The van der Waals surface area contributed by atoms with Gasteiger partial charge in [-0.05, 0) is 26.0 Å². The number of morpholine rings is 1. The molecular weight excluding hydrogens is 274 g/mol. The van der Waals surface area contributed by atoms with Crippen LogP contribution in [0.2, 0.25) is 0 Å². The Hall–Kier alpha value is -1.79. The van der Waals surface area contributed by atoms with E-state index in [1.807, 2.05) is 13.8 Å². The highest BCUT2D eigenvalue weighted by Gasteiger charge is 2.36. The van der Waals surface area contributed by atoms with Crippen LogP contribution in [0.3, 0.4) is 0 Å². The molecule has 1 aromatic rings. The third kappa shape index (κ3) is 3.46. The highest BCUT2D eigenvalue weighted by molar-refractivity contribution is 5.97. The van der Waals surface area contributed by atoms with E-state index in [9.17, 15) is 15.0 Å². The monoisotopic (exact) mass is 295 g/mol. The molecule has 1 fully saturated rings. The molecule has 1 aliphatic heterocycles. The van der Waals surface area contributed by atoms with E-state index in [0.29, 0.717) is 18.8 Å². The van der Waals surface area contributed by atoms with E-state index in [1.165, 1.54) is 19.2 Å². The van der Waals surface area contributed by atoms with Gasteiger partial charge in [0.1, 0.15) is 11.5 Å². The molecule has 0 radical (unpaired) electrons. The van der Waals surface area contributed by atoms with Crippen LogP contribution in [0.25, 0.3) is 0 Å². The molecule has 0 spiro atoms. The number of carbonyl (C=O) groups excluding carboxylic acids is 1. The molecule has 0 bridgehead atoms. The summed E-state index contributed by atoms with van der Waals surface area (Å²) in [7, 11) is 1.49. The fraction of sp³-hybridized carbons (Fsp3) is 0.533. The Balaban J connectivity index is 2.22. The summed E-state index contributed by atoms with van der Waals surface area (Å²) >= 11 is 0. The first-order chi connectivity index (χ1) is 9.86. The smallest absolute Gasteiger partial charge is 0.257 e. The van der Waals surface area contributed by atoms with Gasteiger partial charge in [-0.3, -0.25) is 4.79 Å². The molecule has 1 heterocycles. The quantitative estimate of drug-likeness (QED) is 0.870. The third-order valence-electron chi connectivity index (χ3n) is 3.41. The summed E-state index contributed by atoms with van der Waals surface area (Å²) in [5, 5.41) is 19.3. The van der Waals surface area contributed by atoms with Gasteiger partial charge in [0, 0.05) is 19.2 Å². The van der Waals surface area contributed by atoms with Crippen molar-refractivity contribution in [2.75, 3.05) is 26.8 Å². The van der Waals surface area contributed by atoms with Crippen molar-refractivity contribution in [2.45, 2.75) is 25.6 Å². The minimum atomic E-state index is -0.538. The maximum absolute atomic E-state index is 12.6. The summed E-state index contributed by atoms with van der Waals surface area (Å²) in [4.78, 5) is 14.1. The molecule has 1 unspecified atom stereocenters. The minimum absolute atomic E-state index is 0.121. The van der Waals surface area contributed by atoms with Gasteiger partial charge >= 0.3 is 0 Å². The van der Waals surface area contributed by atoms with E-state index < -0.39 is 11.7 Å². The van der Waals surface area contributed by atoms with E-state index >= 15 is 0 Å². The van der Waals surface area contributed by atoms with Crippen molar-refractivity contribution in [3.63, 3.8) is 0 Å². The highest BCUT2D eigenvalue weighted by Crippen LogP contribution is 2.27. The zero-order valence-electron chi connectivity index (χ0n) is 12.5. The molecular formula is C15H21NO5. The van der Waals surface area contributed by atoms with Crippen LogP contribution >= 0.6 is 0 Å². The first-order valence-electron chi connectivity index (χ1n) is 6.81. The SMILES string of the molecule is COc1ccc(C(=O)N2CC(CO)OC(C)(C)C2)c(O)c1. The molecule has 1 amide bonds. The molecule has 1 aliphatic rings. The Morgan fingerprint density at radius 1 is 1.52 bits per heavy atom. The Morgan fingerprint density at radius 2 is 2.24 bits per heavy atom. The van der Waals surface area contributed by atoms with Crippen molar-refractivity contribution >= 4 is 5.91 Å². The van der Waals surface area contributed by atoms with Crippen LogP contribution in [0.4, 0.5) is 0 Å². The summed E-state index contributed by atoms with van der Waals surface area (Å²) in [5.41, 5.74) is -0.325. The molecule has 2 N–H and O–H groups in total. The van der Waals surface area contributed by atoms with Gasteiger partial charge in [0.25, 0.3) is 5.91 Å². The average Bonchev–Trinajstić information content (AvgIpc) is 2.44. The normalized spacial score (nSPS) is 21.1. The molecule has 1 aromatic carbocycles. The molecule has 2 rings (SSSR count). The number of aromatic hydroxyl groups is 1. The van der Waals surface area contributed by atoms with Crippen molar-refractivity contribution in [3.05, 3.63) is 23.8 Å². The van der Waals surface area contributed by atoms with E-state index in [1.54, 1.807) is 11.0 Å². The third-order valence-corrected chi connectivity index (χ3v) is 3.41. The zero-order valence-corrected chi connectivity index (χ0v) is 12.5. The average molecular weight is 295 g/mol. The van der Waals surface area contributed by atoms with Crippen LogP contribution in [0.15, 0.2) is 18.2 Å². The molecule has 1 atom stereocenters. The lowest BCUT2D eigenvalue weighted by atomic mass is 10.0. The summed E-state index contributed by atoms with van der Waals surface area (Å²) < 4.78 is 10.7. The van der Waals surface area contributed by atoms with Crippen LogP contribution in [0.1, 0.15) is 24.2 Å². The Morgan fingerprint density at radius 3 is 2.81 bits per heavy atom. The number of amides is 1. The lowest BCUT2D eigenvalue weighted by Crippen LogP contribution is -2.55. The molecule has 0 aliphatic carbocycles. The van der Waals surface area contributed by atoms with Gasteiger partial charge < -0.3 is 24.6 Å². The number of rotatable bonds is 3. The van der Waals surface area contributed by atoms with E-state index in [0.717, 1.165) is 0 Å². The fourth-order valence-electron chi connectivity index (χ4n) is 2.54. The largest absolute Gasteiger partial charge is 0.507 e. The van der Waals surface area contributed by atoms with Crippen LogP contribution in [-0.2, 0) is 4.74 Å². The minimum Gasteiger partial charge on any atom is -0.507 e. The number of phenolic OH excluding ortho intramolecular Hbond substituents is 1. The van der Waals surface area contributed by atoms with Gasteiger partial charge in [0.15, 0.2) is 0 Å². The van der Waals surface area contributed by atoms with Gasteiger partial charge in [-0.2, -0.15) is 0 Å². The fourth-order valence-corrected chi connectivity index (χ4v) is 2.54. The second kappa shape index (κ2) is 5.91. The summed E-state index contributed by atoms with van der Waals surface area (Å²) in [5.74, 6) is 0.0776. The van der Waals surface area contributed by atoms with Crippen molar-refractivity contribution in [1.29, 1.82) is 0 Å². The van der Waals surface area contributed by atoms with Gasteiger partial charge in [-0.15, -0.1) is 0 Å². The summed E-state index contributed by atoms with van der Waals surface area (Å²) in [6.07, 6.45) is -0.418. The van der Waals surface area contributed by atoms with Gasteiger partial charge in [0.05, 0.1) is 31.0 Å². The number of aliphatic hydroxyl groups is 1. The zero-order chi connectivity index (χ0) is 15.6. The van der Waals surface area contributed by atoms with Crippen molar-refractivity contribution in [2.24, 2.45) is 0 Å². The molecule has 0 aromatic heterocycles. The summed E-state index contributed by atoms with van der Waals surface area (Å²) in [6.45, 7) is 4.27. The predicted molar refractivity (Wildman–Crippen MR) is 76.6 cm³/mol.